The number of benzene rings is 1. The monoisotopic (exact) mass is 284 g/mol. The number of nitrogens with zero attached hydrogens (tertiary/aromatic N) is 1. The Hall–Kier alpha value is -1.27. The largest absolute Gasteiger partial charge is 0.376 e. The highest BCUT2D eigenvalue weighted by atomic mass is 32.1. The van der Waals surface area contributed by atoms with Gasteiger partial charge in [0.05, 0.1) is 17.7 Å². The Balaban J connectivity index is 2.19. The number of halogens is 2. The molecule has 0 bridgehead atoms. The van der Waals surface area contributed by atoms with Gasteiger partial charge in [0.25, 0.3) is 0 Å². The Morgan fingerprint density at radius 1 is 1.47 bits per heavy atom. The summed E-state index contributed by atoms with van der Waals surface area (Å²) < 4.78 is 35.1. The lowest BCUT2D eigenvalue weighted by molar-refractivity contribution is 0.0739. The van der Waals surface area contributed by atoms with E-state index in [1.54, 1.807) is 4.57 Å². The normalized spacial score (nSPS) is 21.1. The smallest absolute Gasteiger partial charge is 0.184 e. The summed E-state index contributed by atoms with van der Waals surface area (Å²) in [5.74, 6) is -1.73. The topological polar surface area (TPSA) is 29.9 Å². The molecule has 3 nitrogen and oxygen atoms in total. The molecule has 0 radical (unpaired) electrons. The number of hydrogen-bond donors (Lipinski definition) is 1. The number of imidazole rings is 1. The van der Waals surface area contributed by atoms with E-state index in [0.29, 0.717) is 16.9 Å². The first kappa shape index (κ1) is 12.7. The first-order valence-corrected chi connectivity index (χ1v) is 6.70. The number of rotatable bonds is 2. The van der Waals surface area contributed by atoms with Crippen LogP contribution in [0.15, 0.2) is 12.1 Å². The summed E-state index contributed by atoms with van der Waals surface area (Å²) >= 11 is 5.23. The number of ether oxygens (including phenoxy) is 1. The number of nitrogens with one attached hydrogen (secondary N) is 1. The molecule has 0 aliphatic carbocycles. The third kappa shape index (κ3) is 1.99. The van der Waals surface area contributed by atoms with Gasteiger partial charge in [-0.05, 0) is 44.1 Å². The minimum atomic E-state index is -0.866. The van der Waals surface area contributed by atoms with Crippen LogP contribution in [0.4, 0.5) is 8.78 Å². The van der Waals surface area contributed by atoms with Crippen molar-refractivity contribution in [1.82, 2.24) is 9.55 Å². The first-order chi connectivity index (χ1) is 9.09. The molecule has 1 aromatic carbocycles. The van der Waals surface area contributed by atoms with Crippen molar-refractivity contribution >= 4 is 23.3 Å². The molecule has 1 aliphatic heterocycles. The predicted octanol–water partition coefficient (Wildman–Crippen LogP) is 3.72. The summed E-state index contributed by atoms with van der Waals surface area (Å²) in [5.41, 5.74) is 0.696. The van der Waals surface area contributed by atoms with Crippen molar-refractivity contribution in [3.05, 3.63) is 28.5 Å². The van der Waals surface area contributed by atoms with E-state index < -0.39 is 11.6 Å². The number of aromatic amines is 1. The molecule has 2 atom stereocenters. The maximum atomic E-state index is 14.0. The molecule has 2 heterocycles. The summed E-state index contributed by atoms with van der Waals surface area (Å²) in [6, 6.07) is 2.48. The molecule has 2 unspecified atom stereocenters. The lowest BCUT2D eigenvalue weighted by atomic mass is 10.1. The average molecular weight is 284 g/mol. The standard InChI is InChI=1S/C13H14F2N2OS/c1-7(10-3-2-6-18-10)17-12-9(16-13(17)19)5-4-8(14)11(12)15/h4-5,7,10H,2-3,6H2,1H3,(H,16,19). The van der Waals surface area contributed by atoms with E-state index in [2.05, 4.69) is 4.98 Å². The van der Waals surface area contributed by atoms with Crippen molar-refractivity contribution < 1.29 is 13.5 Å². The van der Waals surface area contributed by atoms with Gasteiger partial charge in [-0.3, -0.25) is 0 Å². The van der Waals surface area contributed by atoms with Gasteiger partial charge in [0, 0.05) is 6.61 Å². The molecular weight excluding hydrogens is 270 g/mol. The van der Waals surface area contributed by atoms with Gasteiger partial charge in [0.2, 0.25) is 0 Å². The first-order valence-electron chi connectivity index (χ1n) is 6.29. The second-order valence-electron chi connectivity index (χ2n) is 4.85. The Bertz CT molecular complexity index is 673. The van der Waals surface area contributed by atoms with Crippen LogP contribution >= 0.6 is 12.2 Å². The number of fused-ring (bicyclic) bond motifs is 1. The fourth-order valence-electron chi connectivity index (χ4n) is 2.69. The second kappa shape index (κ2) is 4.68. The molecular formula is C13H14F2N2OS. The van der Waals surface area contributed by atoms with Gasteiger partial charge in [-0.2, -0.15) is 0 Å². The molecule has 6 heteroatoms. The second-order valence-corrected chi connectivity index (χ2v) is 5.24. The summed E-state index contributed by atoms with van der Waals surface area (Å²) in [7, 11) is 0. The third-order valence-corrected chi connectivity index (χ3v) is 3.98. The Morgan fingerprint density at radius 2 is 2.26 bits per heavy atom. The summed E-state index contributed by atoms with van der Waals surface area (Å²) in [6.45, 7) is 2.63. The fourth-order valence-corrected chi connectivity index (χ4v) is 3.06. The van der Waals surface area contributed by atoms with Crippen molar-refractivity contribution in [3.8, 4) is 0 Å². The molecule has 102 valence electrons. The van der Waals surface area contributed by atoms with Crippen molar-refractivity contribution in [2.24, 2.45) is 0 Å². The molecule has 1 fully saturated rings. The van der Waals surface area contributed by atoms with E-state index in [1.807, 2.05) is 6.92 Å². The van der Waals surface area contributed by atoms with Gasteiger partial charge in [-0.25, -0.2) is 8.78 Å². The highest BCUT2D eigenvalue weighted by Gasteiger charge is 2.27. The van der Waals surface area contributed by atoms with Crippen LogP contribution < -0.4 is 0 Å². The van der Waals surface area contributed by atoms with Crippen molar-refractivity contribution in [3.63, 3.8) is 0 Å². The van der Waals surface area contributed by atoms with E-state index in [9.17, 15) is 8.78 Å². The van der Waals surface area contributed by atoms with E-state index in [0.717, 1.165) is 18.9 Å². The van der Waals surface area contributed by atoms with Crippen LogP contribution in [-0.4, -0.2) is 22.3 Å². The predicted molar refractivity (Wildman–Crippen MR) is 70.7 cm³/mol. The molecule has 1 saturated heterocycles. The minimum Gasteiger partial charge on any atom is -0.376 e. The van der Waals surface area contributed by atoms with Crippen LogP contribution in [0.25, 0.3) is 11.0 Å². The van der Waals surface area contributed by atoms with Crippen LogP contribution in [0.1, 0.15) is 25.8 Å². The molecule has 1 aromatic heterocycles. The molecule has 0 spiro atoms. The molecule has 2 aromatic rings. The maximum absolute atomic E-state index is 14.0. The van der Waals surface area contributed by atoms with Crippen molar-refractivity contribution in [2.45, 2.75) is 31.9 Å². The van der Waals surface area contributed by atoms with Gasteiger partial charge in [0.15, 0.2) is 16.4 Å². The molecule has 19 heavy (non-hydrogen) atoms. The van der Waals surface area contributed by atoms with Crippen LogP contribution in [0.2, 0.25) is 0 Å². The summed E-state index contributed by atoms with van der Waals surface area (Å²) in [4.78, 5) is 2.92. The number of aromatic nitrogens is 2. The zero-order chi connectivity index (χ0) is 13.6. The Morgan fingerprint density at radius 3 is 2.95 bits per heavy atom. The van der Waals surface area contributed by atoms with Crippen LogP contribution in [0, 0.1) is 16.4 Å². The van der Waals surface area contributed by atoms with Gasteiger partial charge in [-0.1, -0.05) is 0 Å². The third-order valence-electron chi connectivity index (χ3n) is 3.68. The number of H-pyrrole nitrogens is 1. The SMILES string of the molecule is CC(C1CCCO1)n1c(=S)[nH]c2ccc(F)c(F)c21. The van der Waals surface area contributed by atoms with Crippen LogP contribution in [0.3, 0.4) is 0 Å². The molecule has 0 amide bonds. The van der Waals surface area contributed by atoms with E-state index >= 15 is 0 Å². The lowest BCUT2D eigenvalue weighted by Gasteiger charge is -2.21. The maximum Gasteiger partial charge on any atom is 0.184 e. The van der Waals surface area contributed by atoms with Gasteiger partial charge >= 0.3 is 0 Å². The minimum absolute atomic E-state index is 0.00614. The average Bonchev–Trinajstić information content (AvgIpc) is 3.00. The highest BCUT2D eigenvalue weighted by Crippen LogP contribution is 2.29. The van der Waals surface area contributed by atoms with Gasteiger partial charge in [0.1, 0.15) is 5.52 Å². The molecule has 0 saturated carbocycles. The van der Waals surface area contributed by atoms with Crippen molar-refractivity contribution in [2.75, 3.05) is 6.61 Å². The van der Waals surface area contributed by atoms with Gasteiger partial charge < -0.3 is 14.3 Å². The Labute approximate surface area is 114 Å². The zero-order valence-corrected chi connectivity index (χ0v) is 11.3. The van der Waals surface area contributed by atoms with E-state index in [4.69, 9.17) is 17.0 Å². The summed E-state index contributed by atoms with van der Waals surface area (Å²) in [5, 5.41) is 0. The van der Waals surface area contributed by atoms with Gasteiger partial charge in [-0.15, -0.1) is 0 Å². The molecule has 3 rings (SSSR count). The van der Waals surface area contributed by atoms with Crippen molar-refractivity contribution in [1.29, 1.82) is 0 Å². The van der Waals surface area contributed by atoms with Crippen LogP contribution in [-0.2, 0) is 4.74 Å². The quantitative estimate of drug-likeness (QED) is 0.852. The lowest BCUT2D eigenvalue weighted by Crippen LogP contribution is -2.21. The van der Waals surface area contributed by atoms with E-state index in [1.165, 1.54) is 6.07 Å². The molecule has 1 N–H and O–H groups in total. The highest BCUT2D eigenvalue weighted by molar-refractivity contribution is 7.71. The fraction of sp³-hybridized carbons (Fsp3) is 0.462. The molecule has 1 aliphatic rings. The Kier molecular flexibility index (Phi) is 3.14. The van der Waals surface area contributed by atoms with Crippen LogP contribution in [0.5, 0.6) is 0 Å². The number of hydrogen-bond acceptors (Lipinski definition) is 2. The summed E-state index contributed by atoms with van der Waals surface area (Å²) in [6.07, 6.45) is 1.89. The zero-order valence-electron chi connectivity index (χ0n) is 10.5. The van der Waals surface area contributed by atoms with E-state index in [-0.39, 0.29) is 17.7 Å².